The Kier molecular flexibility index (Phi) is 1.91. The van der Waals surface area contributed by atoms with Crippen molar-refractivity contribution in [2.45, 2.75) is 27.2 Å². The van der Waals surface area contributed by atoms with Crippen LogP contribution in [0.3, 0.4) is 0 Å². The number of allylic oxidation sites excluding steroid dienone is 4. The van der Waals surface area contributed by atoms with E-state index in [0.29, 0.717) is 0 Å². The second kappa shape index (κ2) is 2.43. The van der Waals surface area contributed by atoms with Gasteiger partial charge in [-0.25, -0.2) is 0 Å². The Balaban J connectivity index is 2.86. The zero-order valence-electron chi connectivity index (χ0n) is 6.74. The van der Waals surface area contributed by atoms with E-state index >= 15 is 0 Å². The molecule has 1 heteroatoms. The van der Waals surface area contributed by atoms with Gasteiger partial charge in [-0.3, -0.25) is 0 Å². The topological polar surface area (TPSA) is 0 Å². The van der Waals surface area contributed by atoms with E-state index in [4.69, 9.17) is 11.6 Å². The van der Waals surface area contributed by atoms with Crippen LogP contribution in [0.4, 0.5) is 0 Å². The first-order valence-corrected chi connectivity index (χ1v) is 3.95. The first-order chi connectivity index (χ1) is 4.52. The summed E-state index contributed by atoms with van der Waals surface area (Å²) in [5, 5.41) is 0.938. The van der Waals surface area contributed by atoms with Gasteiger partial charge in [0.25, 0.3) is 0 Å². The maximum Gasteiger partial charge on any atom is 0.0403 e. The summed E-state index contributed by atoms with van der Waals surface area (Å²) in [6, 6.07) is 0. The van der Waals surface area contributed by atoms with Gasteiger partial charge in [-0.05, 0) is 23.5 Å². The predicted molar refractivity (Wildman–Crippen MR) is 46.1 cm³/mol. The van der Waals surface area contributed by atoms with Crippen molar-refractivity contribution in [2.24, 2.45) is 5.41 Å². The minimum atomic E-state index is 0.237. The molecule has 1 aliphatic carbocycles. The zero-order valence-corrected chi connectivity index (χ0v) is 7.50. The second-order valence-electron chi connectivity index (χ2n) is 3.68. The molecule has 1 rings (SSSR count). The molecule has 0 aliphatic heterocycles. The van der Waals surface area contributed by atoms with Crippen LogP contribution in [0.5, 0.6) is 0 Å². The van der Waals surface area contributed by atoms with Crippen molar-refractivity contribution < 1.29 is 0 Å². The first kappa shape index (κ1) is 7.87. The zero-order chi connectivity index (χ0) is 7.78. The molecule has 0 radical (unpaired) electrons. The van der Waals surface area contributed by atoms with Gasteiger partial charge in [0.05, 0.1) is 0 Å². The van der Waals surface area contributed by atoms with Crippen LogP contribution < -0.4 is 0 Å². The molecule has 56 valence electrons. The maximum absolute atomic E-state index is 5.96. The molecule has 0 heterocycles. The smallest absolute Gasteiger partial charge is 0.0403 e. The van der Waals surface area contributed by atoms with Crippen LogP contribution in [0.1, 0.15) is 27.2 Å². The largest absolute Gasteiger partial charge is 0.0844 e. The number of hydrogen-bond acceptors (Lipinski definition) is 0. The van der Waals surface area contributed by atoms with E-state index in [2.05, 4.69) is 26.8 Å². The third-order valence-electron chi connectivity index (χ3n) is 1.78. The average Bonchev–Trinajstić information content (AvgIpc) is 2.11. The van der Waals surface area contributed by atoms with Crippen molar-refractivity contribution in [3.63, 3.8) is 0 Å². The predicted octanol–water partition coefficient (Wildman–Crippen LogP) is 3.49. The lowest BCUT2D eigenvalue weighted by molar-refractivity contribution is 0.495. The Morgan fingerprint density at radius 2 is 2.00 bits per heavy atom. The molecule has 0 bridgehead atoms. The van der Waals surface area contributed by atoms with Crippen molar-refractivity contribution in [3.8, 4) is 0 Å². The van der Waals surface area contributed by atoms with Gasteiger partial charge in [0, 0.05) is 5.03 Å². The molecule has 0 aromatic heterocycles. The summed E-state index contributed by atoms with van der Waals surface area (Å²) in [5.41, 5.74) is 1.59. The molecule has 0 N–H and O–H groups in total. The van der Waals surface area contributed by atoms with Gasteiger partial charge in [0.2, 0.25) is 0 Å². The molecule has 0 saturated carbocycles. The van der Waals surface area contributed by atoms with Crippen LogP contribution >= 0.6 is 11.6 Å². The molecule has 0 spiro atoms. The van der Waals surface area contributed by atoms with Crippen LogP contribution in [0.2, 0.25) is 0 Å². The highest BCUT2D eigenvalue weighted by Gasteiger charge is 2.20. The first-order valence-electron chi connectivity index (χ1n) is 3.57. The van der Waals surface area contributed by atoms with E-state index in [9.17, 15) is 0 Å². The summed E-state index contributed by atoms with van der Waals surface area (Å²) in [4.78, 5) is 0. The van der Waals surface area contributed by atoms with Gasteiger partial charge in [-0.1, -0.05) is 38.4 Å². The van der Waals surface area contributed by atoms with Crippen LogP contribution in [0.15, 0.2) is 22.8 Å². The van der Waals surface area contributed by atoms with Gasteiger partial charge >= 0.3 is 0 Å². The van der Waals surface area contributed by atoms with E-state index in [1.54, 1.807) is 0 Å². The molecule has 0 unspecified atom stereocenters. The summed E-state index contributed by atoms with van der Waals surface area (Å²) >= 11 is 5.96. The lowest BCUT2D eigenvalue weighted by atomic mass is 9.86. The van der Waals surface area contributed by atoms with Crippen LogP contribution in [0.25, 0.3) is 0 Å². The molecule has 1 aliphatic rings. The van der Waals surface area contributed by atoms with Gasteiger partial charge in [-0.15, -0.1) is 0 Å². The van der Waals surface area contributed by atoms with Gasteiger partial charge in [0.1, 0.15) is 0 Å². The highest BCUT2D eigenvalue weighted by atomic mass is 35.5. The normalized spacial score (nSPS) is 18.8. The fraction of sp³-hybridized carbons (Fsp3) is 0.556. The monoisotopic (exact) mass is 156 g/mol. The molecule has 0 atom stereocenters. The molecule has 0 nitrogen and oxygen atoms in total. The van der Waals surface area contributed by atoms with E-state index in [1.807, 2.05) is 6.08 Å². The summed E-state index contributed by atoms with van der Waals surface area (Å²) in [6.07, 6.45) is 5.13. The van der Waals surface area contributed by atoms with Crippen molar-refractivity contribution in [1.29, 1.82) is 0 Å². The summed E-state index contributed by atoms with van der Waals surface area (Å²) < 4.78 is 0. The number of rotatable bonds is 0. The highest BCUT2D eigenvalue weighted by molar-refractivity contribution is 6.32. The summed E-state index contributed by atoms with van der Waals surface area (Å²) in [6.45, 7) is 6.58. The molecule has 0 amide bonds. The second-order valence-corrected chi connectivity index (χ2v) is 4.09. The van der Waals surface area contributed by atoms with Crippen molar-refractivity contribution >= 4 is 11.6 Å². The summed E-state index contributed by atoms with van der Waals surface area (Å²) in [5.74, 6) is 0. The Hall–Kier alpha value is -0.230. The molecule has 0 aromatic carbocycles. The highest BCUT2D eigenvalue weighted by Crippen LogP contribution is 2.36. The lowest BCUT2D eigenvalue weighted by Crippen LogP contribution is -2.08. The van der Waals surface area contributed by atoms with E-state index in [-0.39, 0.29) is 5.41 Å². The van der Waals surface area contributed by atoms with Gasteiger partial charge in [0.15, 0.2) is 0 Å². The Morgan fingerprint density at radius 1 is 1.40 bits per heavy atom. The van der Waals surface area contributed by atoms with E-state index in [0.717, 1.165) is 11.5 Å². The van der Waals surface area contributed by atoms with Gasteiger partial charge in [-0.2, -0.15) is 0 Å². The molecule has 0 fully saturated rings. The molecule has 0 saturated heterocycles. The molecular formula is C9H13Cl. The Bertz CT molecular complexity index is 191. The molecule has 10 heavy (non-hydrogen) atoms. The van der Waals surface area contributed by atoms with E-state index < -0.39 is 0 Å². The fourth-order valence-corrected chi connectivity index (χ4v) is 1.59. The van der Waals surface area contributed by atoms with Crippen LogP contribution in [-0.4, -0.2) is 0 Å². The minimum absolute atomic E-state index is 0.237. The number of halogens is 1. The lowest BCUT2D eigenvalue weighted by Gasteiger charge is -2.20. The van der Waals surface area contributed by atoms with E-state index in [1.165, 1.54) is 5.57 Å². The maximum atomic E-state index is 5.96. The molecule has 0 aromatic rings. The van der Waals surface area contributed by atoms with Crippen LogP contribution in [-0.2, 0) is 0 Å². The average molecular weight is 157 g/mol. The minimum Gasteiger partial charge on any atom is -0.0844 e. The number of hydrogen-bond donors (Lipinski definition) is 0. The van der Waals surface area contributed by atoms with Crippen molar-refractivity contribution in [1.82, 2.24) is 0 Å². The standard InChI is InChI=1S/C9H13Cl/c1-9(2,3)7-5-4-6-8(7)10/h4,6H,5H2,1-3H3. The molecular weight excluding hydrogens is 144 g/mol. The third kappa shape index (κ3) is 1.43. The van der Waals surface area contributed by atoms with Crippen LogP contribution in [0, 0.1) is 5.41 Å². The Labute approximate surface area is 67.6 Å². The van der Waals surface area contributed by atoms with Crippen molar-refractivity contribution in [2.75, 3.05) is 0 Å². The quantitative estimate of drug-likeness (QED) is 0.504. The van der Waals surface area contributed by atoms with Gasteiger partial charge < -0.3 is 0 Å². The third-order valence-corrected chi connectivity index (χ3v) is 2.13. The summed E-state index contributed by atoms with van der Waals surface area (Å²) in [7, 11) is 0. The Morgan fingerprint density at radius 3 is 2.20 bits per heavy atom. The SMILES string of the molecule is CC(C)(C)C1=C(Cl)C=CC1. The fourth-order valence-electron chi connectivity index (χ4n) is 1.14. The van der Waals surface area contributed by atoms with Crippen molar-refractivity contribution in [3.05, 3.63) is 22.8 Å².